The summed E-state index contributed by atoms with van der Waals surface area (Å²) in [6.07, 6.45) is 3.76. The molecular weight excluding hydrogens is 266 g/mol. The lowest BCUT2D eigenvalue weighted by Gasteiger charge is -2.39. The van der Waals surface area contributed by atoms with E-state index in [2.05, 4.69) is 22.0 Å². The van der Waals surface area contributed by atoms with Gasteiger partial charge in [0, 0.05) is 10.7 Å². The van der Waals surface area contributed by atoms with Crippen LogP contribution < -0.4 is 4.74 Å². The molecule has 1 aromatic rings. The Balaban J connectivity index is 1.96. The van der Waals surface area contributed by atoms with Gasteiger partial charge in [-0.2, -0.15) is 5.26 Å². The number of alkyl halides is 1. The van der Waals surface area contributed by atoms with Gasteiger partial charge in [-0.15, -0.1) is 0 Å². The molecule has 0 aliphatic heterocycles. The van der Waals surface area contributed by atoms with Crippen molar-refractivity contribution in [3.05, 3.63) is 29.8 Å². The van der Waals surface area contributed by atoms with Crippen LogP contribution in [0.3, 0.4) is 0 Å². The predicted octanol–water partition coefficient (Wildman–Crippen LogP) is 3.50. The van der Waals surface area contributed by atoms with Crippen LogP contribution in [0.2, 0.25) is 0 Å². The molecule has 2 nitrogen and oxygen atoms in total. The summed E-state index contributed by atoms with van der Waals surface area (Å²) in [5.74, 6) is 0.797. The van der Waals surface area contributed by atoms with Crippen molar-refractivity contribution >= 4 is 15.9 Å². The quantitative estimate of drug-likeness (QED) is 0.791. The van der Waals surface area contributed by atoms with Crippen LogP contribution in [0.25, 0.3) is 0 Å². The minimum Gasteiger partial charge on any atom is -0.493 e. The first-order chi connectivity index (χ1) is 7.78. The van der Waals surface area contributed by atoms with Crippen LogP contribution in [-0.2, 0) is 0 Å². The summed E-state index contributed by atoms with van der Waals surface area (Å²) in [5, 5.41) is 9.78. The van der Waals surface area contributed by atoms with E-state index in [1.165, 1.54) is 19.3 Å². The average Bonchev–Trinajstić information content (AvgIpc) is 2.29. The first-order valence-electron chi connectivity index (χ1n) is 5.47. The van der Waals surface area contributed by atoms with E-state index in [0.29, 0.717) is 11.0 Å². The third kappa shape index (κ3) is 2.38. The Morgan fingerprint density at radius 3 is 2.81 bits per heavy atom. The molecule has 0 radical (unpaired) electrons. The number of benzene rings is 1. The van der Waals surface area contributed by atoms with Gasteiger partial charge in [-0.25, -0.2) is 0 Å². The Kier molecular flexibility index (Phi) is 3.50. The maximum Gasteiger partial charge on any atom is 0.120 e. The van der Waals surface area contributed by atoms with Crippen molar-refractivity contribution in [2.24, 2.45) is 5.41 Å². The van der Waals surface area contributed by atoms with Crippen LogP contribution in [0.15, 0.2) is 24.3 Å². The van der Waals surface area contributed by atoms with Crippen LogP contribution >= 0.6 is 15.9 Å². The van der Waals surface area contributed by atoms with Gasteiger partial charge in [-0.1, -0.05) is 28.4 Å². The largest absolute Gasteiger partial charge is 0.493 e. The predicted molar refractivity (Wildman–Crippen MR) is 66.7 cm³/mol. The number of hydrogen-bond donors (Lipinski definition) is 0. The van der Waals surface area contributed by atoms with E-state index in [1.54, 1.807) is 12.1 Å². The Hall–Kier alpha value is -1.01. The molecule has 0 saturated heterocycles. The number of nitrogens with zero attached hydrogens (tertiary/aromatic N) is 1. The first kappa shape index (κ1) is 11.5. The maximum absolute atomic E-state index is 8.78. The summed E-state index contributed by atoms with van der Waals surface area (Å²) < 4.78 is 5.77. The summed E-state index contributed by atoms with van der Waals surface area (Å²) in [5.41, 5.74) is 0.974. The molecule has 0 unspecified atom stereocenters. The number of hydrogen-bond acceptors (Lipinski definition) is 2. The smallest absolute Gasteiger partial charge is 0.120 e. The molecule has 0 amide bonds. The third-order valence-corrected chi connectivity index (χ3v) is 4.40. The van der Waals surface area contributed by atoms with Gasteiger partial charge in [-0.05, 0) is 31.0 Å². The summed E-state index contributed by atoms with van der Waals surface area (Å²) in [6, 6.07) is 9.46. The lowest BCUT2D eigenvalue weighted by atomic mass is 9.71. The fraction of sp³-hybridized carbons (Fsp3) is 0.462. The van der Waals surface area contributed by atoms with Crippen molar-refractivity contribution in [2.75, 3.05) is 11.9 Å². The molecule has 0 spiro atoms. The fourth-order valence-electron chi connectivity index (χ4n) is 1.89. The van der Waals surface area contributed by atoms with Crippen molar-refractivity contribution in [1.29, 1.82) is 5.26 Å². The molecule has 16 heavy (non-hydrogen) atoms. The average molecular weight is 280 g/mol. The zero-order valence-electron chi connectivity index (χ0n) is 9.08. The standard InChI is InChI=1S/C13H14BrNO/c14-9-13(5-2-6-13)10-16-12-4-1-3-11(7-12)8-15/h1,3-4,7H,2,5-6,9-10H2. The van der Waals surface area contributed by atoms with E-state index < -0.39 is 0 Å². The molecule has 0 atom stereocenters. The Labute approximate surface area is 104 Å². The van der Waals surface area contributed by atoms with Gasteiger partial charge >= 0.3 is 0 Å². The van der Waals surface area contributed by atoms with Gasteiger partial charge in [0.2, 0.25) is 0 Å². The van der Waals surface area contributed by atoms with Crippen molar-refractivity contribution < 1.29 is 4.74 Å². The Morgan fingerprint density at radius 1 is 1.44 bits per heavy atom. The molecule has 1 aromatic carbocycles. The number of rotatable bonds is 4. The van der Waals surface area contributed by atoms with E-state index in [-0.39, 0.29) is 0 Å². The van der Waals surface area contributed by atoms with Crippen molar-refractivity contribution in [3.8, 4) is 11.8 Å². The minimum atomic E-state index is 0.322. The molecule has 84 valence electrons. The highest BCUT2D eigenvalue weighted by Crippen LogP contribution is 2.42. The van der Waals surface area contributed by atoms with Crippen LogP contribution in [0.4, 0.5) is 0 Å². The summed E-state index contributed by atoms with van der Waals surface area (Å²) >= 11 is 3.55. The Bertz CT molecular complexity index is 401. The molecule has 1 fully saturated rings. The van der Waals surface area contributed by atoms with E-state index in [0.717, 1.165) is 17.7 Å². The van der Waals surface area contributed by atoms with Crippen LogP contribution in [-0.4, -0.2) is 11.9 Å². The van der Waals surface area contributed by atoms with Crippen LogP contribution in [0.5, 0.6) is 5.75 Å². The number of halogens is 1. The topological polar surface area (TPSA) is 33.0 Å². The van der Waals surface area contributed by atoms with E-state index >= 15 is 0 Å². The summed E-state index contributed by atoms with van der Waals surface area (Å²) in [6.45, 7) is 0.743. The zero-order valence-corrected chi connectivity index (χ0v) is 10.7. The molecule has 0 N–H and O–H groups in total. The Morgan fingerprint density at radius 2 is 2.25 bits per heavy atom. The zero-order chi connectivity index (χ0) is 11.4. The highest BCUT2D eigenvalue weighted by molar-refractivity contribution is 9.09. The molecule has 0 bridgehead atoms. The van der Waals surface area contributed by atoms with Crippen LogP contribution in [0.1, 0.15) is 24.8 Å². The van der Waals surface area contributed by atoms with Gasteiger partial charge in [0.15, 0.2) is 0 Å². The monoisotopic (exact) mass is 279 g/mol. The second kappa shape index (κ2) is 4.88. The lowest BCUT2D eigenvalue weighted by molar-refractivity contribution is 0.0838. The van der Waals surface area contributed by atoms with Crippen molar-refractivity contribution in [2.45, 2.75) is 19.3 Å². The highest BCUT2D eigenvalue weighted by Gasteiger charge is 2.36. The van der Waals surface area contributed by atoms with Gasteiger partial charge in [0.1, 0.15) is 5.75 Å². The van der Waals surface area contributed by atoms with Crippen molar-refractivity contribution in [3.63, 3.8) is 0 Å². The minimum absolute atomic E-state index is 0.322. The molecule has 1 saturated carbocycles. The summed E-state index contributed by atoms with van der Waals surface area (Å²) in [4.78, 5) is 0. The van der Waals surface area contributed by atoms with Crippen molar-refractivity contribution in [1.82, 2.24) is 0 Å². The lowest BCUT2D eigenvalue weighted by Crippen LogP contribution is -2.37. The molecule has 3 heteroatoms. The number of ether oxygens (including phenoxy) is 1. The molecule has 2 rings (SSSR count). The normalized spacial score (nSPS) is 17.2. The van der Waals surface area contributed by atoms with E-state index in [4.69, 9.17) is 10.00 Å². The molecule has 1 aliphatic rings. The van der Waals surface area contributed by atoms with Crippen LogP contribution in [0, 0.1) is 16.7 Å². The SMILES string of the molecule is N#Cc1cccc(OCC2(CBr)CCC2)c1. The van der Waals surface area contributed by atoms with Gasteiger partial charge < -0.3 is 4.74 Å². The number of nitriles is 1. The third-order valence-electron chi connectivity index (χ3n) is 3.21. The van der Waals surface area contributed by atoms with Gasteiger partial charge in [0.25, 0.3) is 0 Å². The maximum atomic E-state index is 8.78. The second-order valence-corrected chi connectivity index (χ2v) is 4.98. The molecule has 1 aliphatic carbocycles. The first-order valence-corrected chi connectivity index (χ1v) is 6.59. The van der Waals surface area contributed by atoms with Gasteiger partial charge in [-0.3, -0.25) is 0 Å². The molecule has 0 heterocycles. The van der Waals surface area contributed by atoms with Gasteiger partial charge in [0.05, 0.1) is 18.2 Å². The fourth-order valence-corrected chi connectivity index (χ4v) is 2.61. The van der Waals surface area contributed by atoms with E-state index in [1.807, 2.05) is 12.1 Å². The second-order valence-electron chi connectivity index (χ2n) is 4.42. The summed E-state index contributed by atoms with van der Waals surface area (Å²) in [7, 11) is 0. The highest BCUT2D eigenvalue weighted by atomic mass is 79.9. The molecule has 0 aromatic heterocycles. The molecular formula is C13H14BrNO. The van der Waals surface area contributed by atoms with E-state index in [9.17, 15) is 0 Å².